The largest absolute Gasteiger partial charge is 0.489 e. The molecule has 0 saturated heterocycles. The van der Waals surface area contributed by atoms with E-state index in [9.17, 15) is 19.4 Å². The second-order valence-corrected chi connectivity index (χ2v) is 13.9. The maximum atomic E-state index is 14.6. The SMILES string of the molecule is C=CCOC12Oc3ccc(OCc4ccccc4F)cc3C3C(CCCCO)C(CCCCO)C=C(C(=NOCC)CC1N(C)C(=O)OCCCl)C32. The first-order chi connectivity index (χ1) is 25.3. The lowest BCUT2D eigenvalue weighted by Crippen LogP contribution is -2.69. The van der Waals surface area contributed by atoms with Gasteiger partial charge in [-0.3, -0.25) is 0 Å². The van der Waals surface area contributed by atoms with Crippen molar-refractivity contribution in [1.29, 1.82) is 0 Å². The van der Waals surface area contributed by atoms with Gasteiger partial charge in [0.2, 0.25) is 5.79 Å². The third-order valence-corrected chi connectivity index (χ3v) is 10.5. The van der Waals surface area contributed by atoms with Crippen LogP contribution in [0.3, 0.4) is 0 Å². The topological polar surface area (TPSA) is 119 Å². The second kappa shape index (κ2) is 18.9. The van der Waals surface area contributed by atoms with Crippen molar-refractivity contribution in [1.82, 2.24) is 4.90 Å². The zero-order chi connectivity index (χ0) is 37.1. The number of allylic oxidation sites excluding steroid dienone is 1. The van der Waals surface area contributed by atoms with Crippen LogP contribution in [0.25, 0.3) is 0 Å². The summed E-state index contributed by atoms with van der Waals surface area (Å²) in [6.07, 6.45) is 8.19. The molecule has 0 spiro atoms. The third-order valence-electron chi connectivity index (χ3n) is 10.4. The average Bonchev–Trinajstić information content (AvgIpc) is 3.16. The van der Waals surface area contributed by atoms with E-state index in [1.165, 1.54) is 11.0 Å². The predicted molar refractivity (Wildman–Crippen MR) is 197 cm³/mol. The quantitative estimate of drug-likeness (QED) is 0.0664. The second-order valence-electron chi connectivity index (χ2n) is 13.5. The summed E-state index contributed by atoms with van der Waals surface area (Å²) in [4.78, 5) is 20.8. The summed E-state index contributed by atoms with van der Waals surface area (Å²) < 4.78 is 40.2. The lowest BCUT2D eigenvalue weighted by molar-refractivity contribution is -0.253. The number of carbonyl (C=O) groups excluding carboxylic acids is 1. The third kappa shape index (κ3) is 8.59. The Morgan fingerprint density at radius 3 is 2.63 bits per heavy atom. The number of alkyl halides is 1. The Balaban J connectivity index is 1.71. The first-order valence-electron chi connectivity index (χ1n) is 18.4. The van der Waals surface area contributed by atoms with Crippen molar-refractivity contribution in [2.45, 2.75) is 76.2 Å². The molecule has 1 aliphatic heterocycles. The van der Waals surface area contributed by atoms with Crippen LogP contribution in [-0.4, -0.2) is 84.7 Å². The average molecular weight is 743 g/mol. The lowest BCUT2D eigenvalue weighted by atomic mass is 9.55. The van der Waals surface area contributed by atoms with E-state index in [1.807, 2.05) is 19.1 Å². The van der Waals surface area contributed by atoms with Gasteiger partial charge in [0, 0.05) is 43.7 Å². The molecule has 1 heterocycles. The van der Waals surface area contributed by atoms with Gasteiger partial charge in [-0.25, -0.2) is 9.18 Å². The number of nitrogens with zero attached hydrogens (tertiary/aromatic N) is 2. The molecule has 2 aromatic rings. The highest BCUT2D eigenvalue weighted by Crippen LogP contribution is 2.61. The molecule has 10 nitrogen and oxygen atoms in total. The molecule has 52 heavy (non-hydrogen) atoms. The molecule has 5 rings (SSSR count). The van der Waals surface area contributed by atoms with Crippen LogP contribution in [0.5, 0.6) is 11.5 Å². The van der Waals surface area contributed by atoms with Gasteiger partial charge < -0.3 is 38.9 Å². The molecular weight excluding hydrogens is 691 g/mol. The number of likely N-dealkylation sites (N-methyl/N-ethyl adjacent to an activating group) is 1. The molecule has 0 radical (unpaired) electrons. The highest BCUT2D eigenvalue weighted by Gasteiger charge is 2.65. The Hall–Kier alpha value is -3.64. The number of hydrogen-bond acceptors (Lipinski definition) is 9. The highest BCUT2D eigenvalue weighted by atomic mass is 35.5. The maximum absolute atomic E-state index is 14.6. The number of hydrogen-bond donors (Lipinski definition) is 2. The van der Waals surface area contributed by atoms with Gasteiger partial charge in [-0.15, -0.1) is 18.2 Å². The number of rotatable bonds is 19. The van der Waals surface area contributed by atoms with Crippen LogP contribution >= 0.6 is 11.6 Å². The number of ether oxygens (including phenoxy) is 4. The van der Waals surface area contributed by atoms with Gasteiger partial charge in [-0.05, 0) is 74.3 Å². The number of amides is 1. The van der Waals surface area contributed by atoms with Gasteiger partial charge in [0.25, 0.3) is 0 Å². The van der Waals surface area contributed by atoms with Crippen LogP contribution in [0.15, 0.2) is 71.9 Å². The van der Waals surface area contributed by atoms with Gasteiger partial charge in [0.15, 0.2) is 0 Å². The van der Waals surface area contributed by atoms with Crippen molar-refractivity contribution in [3.63, 3.8) is 0 Å². The minimum absolute atomic E-state index is 0.0386. The minimum atomic E-state index is -1.39. The molecule has 6 unspecified atom stereocenters. The number of aliphatic hydroxyl groups is 2. The van der Waals surface area contributed by atoms with Crippen molar-refractivity contribution in [3.05, 3.63) is 83.7 Å². The number of halogens is 2. The van der Waals surface area contributed by atoms with E-state index in [4.69, 9.17) is 35.4 Å². The summed E-state index contributed by atoms with van der Waals surface area (Å²) in [5.41, 5.74) is 2.97. The zero-order valence-corrected chi connectivity index (χ0v) is 30.9. The zero-order valence-electron chi connectivity index (χ0n) is 30.2. The standard InChI is InChI=1S/C40H52ClFN2O8/c1-4-21-50-40-36(44(3)39(47)48-22-18-41)25-34(43-51-5-2)31-23-27(12-8-10-19-45)30(14-9-11-20-46)37(38(31)40)32-24-29(16-17-35(32)52-40)49-26-28-13-6-7-15-33(28)42/h4,6-7,13,15-17,23-24,27,30,36-38,45-46H,1,5,8-12,14,18-22,25-26H2,2-3H3. The van der Waals surface area contributed by atoms with Gasteiger partial charge in [-0.2, -0.15) is 0 Å². The molecule has 3 aliphatic rings. The summed E-state index contributed by atoms with van der Waals surface area (Å²) in [5, 5.41) is 24.2. The Morgan fingerprint density at radius 2 is 1.92 bits per heavy atom. The molecule has 0 aromatic heterocycles. The number of aliphatic hydroxyl groups excluding tert-OH is 2. The molecule has 2 aliphatic carbocycles. The summed E-state index contributed by atoms with van der Waals surface area (Å²) in [6, 6.07) is 11.5. The molecule has 6 atom stereocenters. The Labute approximate surface area is 311 Å². The Kier molecular flexibility index (Phi) is 14.4. The van der Waals surface area contributed by atoms with Gasteiger partial charge in [0.1, 0.15) is 43.2 Å². The normalized spacial score (nSPS) is 25.3. The number of oxime groups is 1. The van der Waals surface area contributed by atoms with E-state index in [0.29, 0.717) is 42.2 Å². The van der Waals surface area contributed by atoms with Crippen molar-refractivity contribution in [2.75, 3.05) is 46.0 Å². The van der Waals surface area contributed by atoms with E-state index in [1.54, 1.807) is 37.4 Å². The summed E-state index contributed by atoms with van der Waals surface area (Å²) in [5.74, 6) is -0.978. The summed E-state index contributed by atoms with van der Waals surface area (Å²) >= 11 is 5.89. The minimum Gasteiger partial charge on any atom is -0.489 e. The highest BCUT2D eigenvalue weighted by molar-refractivity contribution is 6.18. The number of fused-ring (bicyclic) bond motifs is 2. The lowest BCUT2D eigenvalue weighted by Gasteiger charge is -2.59. The van der Waals surface area contributed by atoms with Crippen LogP contribution in [-0.2, 0) is 20.9 Å². The van der Waals surface area contributed by atoms with Crippen molar-refractivity contribution >= 4 is 23.4 Å². The van der Waals surface area contributed by atoms with Gasteiger partial charge in [0.05, 0.1) is 24.1 Å². The van der Waals surface area contributed by atoms with E-state index >= 15 is 0 Å². The number of benzene rings is 2. The number of unbranched alkanes of at least 4 members (excludes halogenated alkanes) is 2. The molecule has 1 saturated carbocycles. The van der Waals surface area contributed by atoms with Crippen molar-refractivity contribution < 1.29 is 43.2 Å². The molecule has 2 N–H and O–H groups in total. The Bertz CT molecular complexity index is 1570. The summed E-state index contributed by atoms with van der Waals surface area (Å²) in [6.45, 7) is 6.57. The Morgan fingerprint density at radius 1 is 1.15 bits per heavy atom. The first-order valence-corrected chi connectivity index (χ1v) is 18.9. The van der Waals surface area contributed by atoms with Gasteiger partial charge in [-0.1, -0.05) is 48.3 Å². The smallest absolute Gasteiger partial charge is 0.410 e. The van der Waals surface area contributed by atoms with Crippen molar-refractivity contribution in [2.24, 2.45) is 22.9 Å². The van der Waals surface area contributed by atoms with Crippen LogP contribution in [0, 0.1) is 23.6 Å². The van der Waals surface area contributed by atoms with Crippen LogP contribution in [0.1, 0.15) is 68.9 Å². The van der Waals surface area contributed by atoms with E-state index in [-0.39, 0.29) is 68.9 Å². The molecular formula is C40H52ClFN2O8. The molecule has 284 valence electrons. The predicted octanol–water partition coefficient (Wildman–Crippen LogP) is 7.37. The fourth-order valence-electron chi connectivity index (χ4n) is 8.09. The molecule has 0 bridgehead atoms. The molecule has 1 amide bonds. The summed E-state index contributed by atoms with van der Waals surface area (Å²) in [7, 11) is 1.67. The molecule has 12 heteroatoms. The van der Waals surface area contributed by atoms with E-state index in [0.717, 1.165) is 36.8 Å². The first kappa shape index (κ1) is 39.6. The number of carbonyl (C=O) groups is 1. The van der Waals surface area contributed by atoms with Crippen LogP contribution in [0.2, 0.25) is 0 Å². The van der Waals surface area contributed by atoms with E-state index in [2.05, 4.69) is 17.8 Å². The fraction of sp³-hybridized carbons (Fsp3) is 0.550. The van der Waals surface area contributed by atoms with Gasteiger partial charge >= 0.3 is 6.09 Å². The molecule has 2 aromatic carbocycles. The maximum Gasteiger partial charge on any atom is 0.410 e. The van der Waals surface area contributed by atoms with Crippen LogP contribution in [0.4, 0.5) is 9.18 Å². The van der Waals surface area contributed by atoms with Crippen LogP contribution < -0.4 is 9.47 Å². The van der Waals surface area contributed by atoms with E-state index < -0.39 is 23.8 Å². The van der Waals surface area contributed by atoms with Crippen molar-refractivity contribution in [3.8, 4) is 11.5 Å². The molecule has 1 fully saturated rings. The monoisotopic (exact) mass is 742 g/mol. The fourth-order valence-corrected chi connectivity index (χ4v) is 8.17.